The van der Waals surface area contributed by atoms with E-state index >= 15 is 0 Å². The summed E-state index contributed by atoms with van der Waals surface area (Å²) in [5.41, 5.74) is 1.48. The number of nitrogens with zero attached hydrogens (tertiary/aromatic N) is 1. The van der Waals surface area contributed by atoms with Crippen LogP contribution in [-0.4, -0.2) is 38.3 Å². The van der Waals surface area contributed by atoms with Gasteiger partial charge < -0.3 is 19.1 Å². The summed E-state index contributed by atoms with van der Waals surface area (Å²) in [7, 11) is -3.57. The molecule has 0 aliphatic heterocycles. The first-order valence-corrected chi connectivity index (χ1v) is 11.6. The van der Waals surface area contributed by atoms with E-state index in [0.717, 1.165) is 5.56 Å². The minimum atomic E-state index is -3.57. The highest BCUT2D eigenvalue weighted by atomic mass is 32.2. The maximum Gasteiger partial charge on any atom is 0.322 e. The van der Waals surface area contributed by atoms with Crippen LogP contribution >= 0.6 is 0 Å². The highest BCUT2D eigenvalue weighted by Gasteiger charge is 2.18. The Balaban J connectivity index is 2.13. The quantitative estimate of drug-likeness (QED) is 0.557. The van der Waals surface area contributed by atoms with Crippen molar-refractivity contribution in [2.45, 2.75) is 34.2 Å². The summed E-state index contributed by atoms with van der Waals surface area (Å²) < 4.78 is 33.8. The maximum atomic E-state index is 13.0. The molecule has 2 rings (SSSR count). The smallest absolute Gasteiger partial charge is 0.322 e. The average molecular weight is 435 g/mol. The van der Waals surface area contributed by atoms with Crippen LogP contribution in [0, 0.1) is 5.92 Å². The summed E-state index contributed by atoms with van der Waals surface area (Å²) in [5.74, 6) is 1.05. The number of nitrogens with one attached hydrogen (secondary N) is 1. The number of carbonyl (C=O) groups is 1. The molecule has 0 radical (unpaired) electrons. The normalized spacial score (nSPS) is 11.2. The molecule has 2 aromatic rings. The van der Waals surface area contributed by atoms with Gasteiger partial charge in [-0.1, -0.05) is 38.1 Å². The predicted octanol–water partition coefficient (Wildman–Crippen LogP) is 4.50. The second-order valence-corrected chi connectivity index (χ2v) is 9.07. The van der Waals surface area contributed by atoms with Crippen LogP contribution in [0.1, 0.15) is 33.3 Å². The number of benzene rings is 2. The van der Waals surface area contributed by atoms with Crippen molar-refractivity contribution in [1.82, 2.24) is 4.90 Å². The van der Waals surface area contributed by atoms with Crippen molar-refractivity contribution < 1.29 is 22.1 Å². The minimum Gasteiger partial charge on any atom is -0.492 e. The van der Waals surface area contributed by atoms with Gasteiger partial charge in [0.05, 0.1) is 18.0 Å². The SMILES string of the molecule is CCOc1ccccc1NC(=O)N(Cc1ccc(OS(=O)(=O)CC)cc1)CC(C)C. The lowest BCUT2D eigenvalue weighted by atomic mass is 10.1. The molecule has 0 fully saturated rings. The summed E-state index contributed by atoms with van der Waals surface area (Å²) in [4.78, 5) is 14.7. The summed E-state index contributed by atoms with van der Waals surface area (Å²) in [6, 6.07) is 13.8. The Hall–Kier alpha value is -2.74. The number of hydrogen-bond acceptors (Lipinski definition) is 5. The fourth-order valence-corrected chi connectivity index (χ4v) is 3.30. The van der Waals surface area contributed by atoms with Crippen molar-refractivity contribution in [3.05, 3.63) is 54.1 Å². The topological polar surface area (TPSA) is 84.9 Å². The number of para-hydroxylation sites is 2. The number of hydrogen-bond donors (Lipinski definition) is 1. The lowest BCUT2D eigenvalue weighted by Gasteiger charge is -2.25. The zero-order chi connectivity index (χ0) is 22.1. The molecule has 0 heterocycles. The number of carbonyl (C=O) groups excluding carboxylic acids is 1. The van der Waals surface area contributed by atoms with E-state index in [-0.39, 0.29) is 23.5 Å². The molecule has 7 nitrogen and oxygen atoms in total. The molecule has 8 heteroatoms. The lowest BCUT2D eigenvalue weighted by molar-refractivity contribution is 0.201. The van der Waals surface area contributed by atoms with Crippen LogP contribution in [0.2, 0.25) is 0 Å². The first-order valence-electron chi connectivity index (χ1n) is 10.0. The standard InChI is InChI=1S/C22H30N2O5S/c1-5-28-21-10-8-7-9-20(21)23-22(25)24(15-17(3)4)16-18-11-13-19(14-12-18)29-30(26,27)6-2/h7-14,17H,5-6,15-16H2,1-4H3,(H,23,25). The fraction of sp³-hybridized carbons (Fsp3) is 0.409. The van der Waals surface area contributed by atoms with Crippen LogP contribution in [0.5, 0.6) is 11.5 Å². The number of ether oxygens (including phenoxy) is 1. The summed E-state index contributed by atoms with van der Waals surface area (Å²) in [6.07, 6.45) is 0. The summed E-state index contributed by atoms with van der Waals surface area (Å²) in [6.45, 7) is 8.94. The second-order valence-electron chi connectivity index (χ2n) is 7.21. The van der Waals surface area contributed by atoms with E-state index in [1.165, 1.54) is 6.92 Å². The number of amides is 2. The molecule has 0 saturated heterocycles. The molecule has 0 unspecified atom stereocenters. The van der Waals surface area contributed by atoms with Crippen molar-refractivity contribution in [3.8, 4) is 11.5 Å². The van der Waals surface area contributed by atoms with E-state index in [0.29, 0.717) is 31.1 Å². The van der Waals surface area contributed by atoms with Crippen LogP contribution < -0.4 is 14.2 Å². The fourth-order valence-electron chi connectivity index (χ4n) is 2.78. The Kier molecular flexibility index (Phi) is 8.53. The molecule has 0 bridgehead atoms. The van der Waals surface area contributed by atoms with E-state index in [1.54, 1.807) is 35.2 Å². The predicted molar refractivity (Wildman–Crippen MR) is 118 cm³/mol. The molecule has 1 N–H and O–H groups in total. The van der Waals surface area contributed by atoms with Crippen LogP contribution in [0.4, 0.5) is 10.5 Å². The molecule has 164 valence electrons. The van der Waals surface area contributed by atoms with Crippen LogP contribution in [0.3, 0.4) is 0 Å². The van der Waals surface area contributed by atoms with Crippen molar-refractivity contribution in [2.24, 2.45) is 5.92 Å². The van der Waals surface area contributed by atoms with Crippen molar-refractivity contribution in [1.29, 1.82) is 0 Å². The van der Waals surface area contributed by atoms with Gasteiger partial charge in [-0.05, 0) is 49.6 Å². The summed E-state index contributed by atoms with van der Waals surface area (Å²) >= 11 is 0. The minimum absolute atomic E-state index is 0.0969. The third-order valence-corrected chi connectivity index (χ3v) is 5.33. The maximum absolute atomic E-state index is 13.0. The van der Waals surface area contributed by atoms with Crippen LogP contribution in [0.15, 0.2) is 48.5 Å². The van der Waals surface area contributed by atoms with E-state index in [4.69, 9.17) is 8.92 Å². The first-order chi connectivity index (χ1) is 14.2. The molecule has 30 heavy (non-hydrogen) atoms. The molecule has 0 aliphatic carbocycles. The molecule has 2 amide bonds. The van der Waals surface area contributed by atoms with Gasteiger partial charge in [0.1, 0.15) is 11.5 Å². The third-order valence-electron chi connectivity index (χ3n) is 4.17. The van der Waals surface area contributed by atoms with Gasteiger partial charge in [0.15, 0.2) is 0 Å². The van der Waals surface area contributed by atoms with Crippen molar-refractivity contribution >= 4 is 21.8 Å². The van der Waals surface area contributed by atoms with Gasteiger partial charge >= 0.3 is 16.1 Å². The van der Waals surface area contributed by atoms with Crippen LogP contribution in [-0.2, 0) is 16.7 Å². The van der Waals surface area contributed by atoms with Gasteiger partial charge in [0, 0.05) is 13.1 Å². The number of urea groups is 1. The van der Waals surface area contributed by atoms with Crippen molar-refractivity contribution in [3.63, 3.8) is 0 Å². The molecule has 0 aliphatic rings. The Morgan fingerprint density at radius 1 is 1.07 bits per heavy atom. The molecular formula is C22H30N2O5S. The van der Waals surface area contributed by atoms with Crippen molar-refractivity contribution in [2.75, 3.05) is 24.2 Å². The Morgan fingerprint density at radius 3 is 2.33 bits per heavy atom. The first kappa shape index (κ1) is 23.5. The highest BCUT2D eigenvalue weighted by molar-refractivity contribution is 7.87. The molecule has 0 atom stereocenters. The third kappa shape index (κ3) is 7.26. The van der Waals surface area contributed by atoms with Crippen LogP contribution in [0.25, 0.3) is 0 Å². The van der Waals surface area contributed by atoms with Gasteiger partial charge in [-0.2, -0.15) is 8.42 Å². The van der Waals surface area contributed by atoms with Gasteiger partial charge in [0.25, 0.3) is 0 Å². The molecule has 0 spiro atoms. The monoisotopic (exact) mass is 434 g/mol. The van der Waals surface area contributed by atoms with Gasteiger partial charge in [-0.25, -0.2) is 4.79 Å². The molecule has 0 aromatic heterocycles. The van der Waals surface area contributed by atoms with E-state index < -0.39 is 10.1 Å². The Morgan fingerprint density at radius 2 is 1.73 bits per heavy atom. The molecular weight excluding hydrogens is 404 g/mol. The average Bonchev–Trinajstić information content (AvgIpc) is 2.70. The lowest BCUT2D eigenvalue weighted by Crippen LogP contribution is -2.37. The number of anilines is 1. The molecule has 0 saturated carbocycles. The van der Waals surface area contributed by atoms with Gasteiger partial charge in [-0.3, -0.25) is 0 Å². The second kappa shape index (κ2) is 10.9. The van der Waals surface area contributed by atoms with E-state index in [1.807, 2.05) is 39.0 Å². The van der Waals surface area contributed by atoms with Gasteiger partial charge in [0.2, 0.25) is 0 Å². The van der Waals surface area contributed by atoms with E-state index in [9.17, 15) is 13.2 Å². The summed E-state index contributed by atoms with van der Waals surface area (Å²) in [5, 5.41) is 2.93. The van der Waals surface area contributed by atoms with Gasteiger partial charge in [-0.15, -0.1) is 0 Å². The number of rotatable bonds is 10. The zero-order valence-electron chi connectivity index (χ0n) is 17.9. The highest BCUT2D eigenvalue weighted by Crippen LogP contribution is 2.24. The Labute approximate surface area is 179 Å². The largest absolute Gasteiger partial charge is 0.492 e. The molecule has 2 aromatic carbocycles. The Bertz CT molecular complexity index is 927. The van der Waals surface area contributed by atoms with E-state index in [2.05, 4.69) is 5.32 Å². The zero-order valence-corrected chi connectivity index (χ0v) is 18.7.